The van der Waals surface area contributed by atoms with E-state index in [2.05, 4.69) is 34.7 Å². The van der Waals surface area contributed by atoms with Crippen LogP contribution in [-0.4, -0.2) is 26.1 Å². The molecule has 1 unspecified atom stereocenters. The minimum atomic E-state index is 0.289. The zero-order valence-corrected chi connectivity index (χ0v) is 10.6. The Hall–Kier alpha value is -1.62. The van der Waals surface area contributed by atoms with Gasteiger partial charge in [-0.2, -0.15) is 10.2 Å². The highest BCUT2D eigenvalue weighted by molar-refractivity contribution is 5.14. The maximum Gasteiger partial charge on any atom is 0.0553 e. The summed E-state index contributed by atoms with van der Waals surface area (Å²) >= 11 is 0. The summed E-state index contributed by atoms with van der Waals surface area (Å²) in [6.45, 7) is 3.06. The molecular weight excluding hydrogens is 214 g/mol. The number of likely N-dealkylation sites (N-methyl/N-ethyl adjacent to an activating group) is 1. The van der Waals surface area contributed by atoms with Crippen LogP contribution in [-0.2, 0) is 20.5 Å². The first-order valence-corrected chi connectivity index (χ1v) is 5.89. The number of nitrogens with zero attached hydrogens (tertiary/aromatic N) is 4. The molecule has 17 heavy (non-hydrogen) atoms. The number of hydrogen-bond donors (Lipinski definition) is 1. The van der Waals surface area contributed by atoms with Gasteiger partial charge in [-0.3, -0.25) is 9.36 Å². The zero-order chi connectivity index (χ0) is 12.3. The third-order valence-corrected chi connectivity index (χ3v) is 2.86. The second-order valence-electron chi connectivity index (χ2n) is 4.22. The number of hydrogen-bond acceptors (Lipinski definition) is 3. The van der Waals surface area contributed by atoms with Crippen molar-refractivity contribution in [1.82, 2.24) is 24.9 Å². The van der Waals surface area contributed by atoms with E-state index in [0.29, 0.717) is 0 Å². The molecule has 0 aliphatic heterocycles. The van der Waals surface area contributed by atoms with Gasteiger partial charge in [-0.05, 0) is 24.6 Å². The summed E-state index contributed by atoms with van der Waals surface area (Å²) in [6.07, 6.45) is 6.74. The third-order valence-electron chi connectivity index (χ3n) is 2.86. The molecular formula is C12H19N5. The fraction of sp³-hybridized carbons (Fsp3) is 0.500. The normalized spacial score (nSPS) is 12.9. The fourth-order valence-corrected chi connectivity index (χ4v) is 2.07. The predicted molar refractivity (Wildman–Crippen MR) is 66.5 cm³/mol. The van der Waals surface area contributed by atoms with Crippen LogP contribution in [0.25, 0.3) is 0 Å². The first-order valence-electron chi connectivity index (χ1n) is 5.89. The first-order chi connectivity index (χ1) is 8.20. The highest BCUT2D eigenvalue weighted by Gasteiger charge is 2.15. The van der Waals surface area contributed by atoms with Crippen LogP contribution in [0.5, 0.6) is 0 Å². The van der Waals surface area contributed by atoms with Gasteiger partial charge in [-0.1, -0.05) is 6.92 Å². The van der Waals surface area contributed by atoms with Gasteiger partial charge in [0.25, 0.3) is 0 Å². The Morgan fingerprint density at radius 2 is 2.18 bits per heavy atom. The molecule has 2 aromatic rings. The second-order valence-corrected chi connectivity index (χ2v) is 4.22. The number of nitrogens with one attached hydrogen (secondary N) is 1. The summed E-state index contributed by atoms with van der Waals surface area (Å²) in [4.78, 5) is 0. The topological polar surface area (TPSA) is 47.7 Å². The van der Waals surface area contributed by atoms with E-state index in [4.69, 9.17) is 0 Å². The van der Waals surface area contributed by atoms with E-state index in [1.165, 1.54) is 11.3 Å². The Kier molecular flexibility index (Phi) is 3.58. The first kappa shape index (κ1) is 11.9. The van der Waals surface area contributed by atoms with E-state index in [1.54, 1.807) is 0 Å². The third kappa shape index (κ3) is 2.74. The smallest absolute Gasteiger partial charge is 0.0553 e. The van der Waals surface area contributed by atoms with Gasteiger partial charge in [0, 0.05) is 26.5 Å². The molecule has 0 spiro atoms. The van der Waals surface area contributed by atoms with E-state index in [0.717, 1.165) is 13.0 Å². The minimum Gasteiger partial charge on any atom is -0.309 e. The summed E-state index contributed by atoms with van der Waals surface area (Å²) in [5.41, 5.74) is 2.44. The Bertz CT molecular complexity index is 471. The van der Waals surface area contributed by atoms with Crippen molar-refractivity contribution in [3.63, 3.8) is 0 Å². The highest BCUT2D eigenvalue weighted by Crippen LogP contribution is 2.17. The molecule has 0 bridgehead atoms. The van der Waals surface area contributed by atoms with E-state index in [-0.39, 0.29) is 6.04 Å². The van der Waals surface area contributed by atoms with Crippen molar-refractivity contribution < 1.29 is 0 Å². The molecule has 92 valence electrons. The van der Waals surface area contributed by atoms with Crippen molar-refractivity contribution in [3.05, 3.63) is 35.9 Å². The molecule has 1 N–H and O–H groups in total. The predicted octanol–water partition coefficient (Wildman–Crippen LogP) is 1.05. The fourth-order valence-electron chi connectivity index (χ4n) is 2.07. The molecule has 0 saturated heterocycles. The van der Waals surface area contributed by atoms with Crippen LogP contribution in [0, 0.1) is 0 Å². The monoisotopic (exact) mass is 233 g/mol. The van der Waals surface area contributed by atoms with Crippen molar-refractivity contribution >= 4 is 0 Å². The van der Waals surface area contributed by atoms with Crippen molar-refractivity contribution in [1.29, 1.82) is 0 Å². The van der Waals surface area contributed by atoms with Crippen molar-refractivity contribution in [2.75, 3.05) is 6.54 Å². The maximum atomic E-state index is 4.22. The second kappa shape index (κ2) is 5.14. The van der Waals surface area contributed by atoms with E-state index < -0.39 is 0 Å². The van der Waals surface area contributed by atoms with E-state index >= 15 is 0 Å². The standard InChI is InChI=1S/C12H19N5/c1-4-13-11(12-5-6-14-17(12)3)7-10-8-15-16(2)9-10/h5-6,8-9,11,13H,4,7H2,1-3H3. The van der Waals surface area contributed by atoms with Gasteiger partial charge in [0.15, 0.2) is 0 Å². The Labute approximate surface area is 101 Å². The zero-order valence-electron chi connectivity index (χ0n) is 10.6. The molecule has 0 aliphatic rings. The van der Waals surface area contributed by atoms with Crippen LogP contribution in [0.3, 0.4) is 0 Å². The van der Waals surface area contributed by atoms with Crippen LogP contribution < -0.4 is 5.32 Å². The van der Waals surface area contributed by atoms with Crippen LogP contribution in [0.4, 0.5) is 0 Å². The summed E-state index contributed by atoms with van der Waals surface area (Å²) in [7, 11) is 3.92. The van der Waals surface area contributed by atoms with Gasteiger partial charge >= 0.3 is 0 Å². The molecule has 0 radical (unpaired) electrons. The summed E-state index contributed by atoms with van der Waals surface area (Å²) in [5, 5.41) is 11.9. The molecule has 2 heterocycles. The van der Waals surface area contributed by atoms with Crippen LogP contribution in [0.2, 0.25) is 0 Å². The van der Waals surface area contributed by atoms with Gasteiger partial charge < -0.3 is 5.32 Å². The molecule has 5 heteroatoms. The van der Waals surface area contributed by atoms with Gasteiger partial charge in [-0.15, -0.1) is 0 Å². The summed E-state index contributed by atoms with van der Waals surface area (Å²) in [5.74, 6) is 0. The van der Waals surface area contributed by atoms with E-state index in [1.807, 2.05) is 35.9 Å². The summed E-state index contributed by atoms with van der Waals surface area (Å²) < 4.78 is 3.76. The quantitative estimate of drug-likeness (QED) is 0.839. The van der Waals surface area contributed by atoms with Crippen LogP contribution in [0.1, 0.15) is 24.2 Å². The molecule has 1 atom stereocenters. The van der Waals surface area contributed by atoms with Gasteiger partial charge in [-0.25, -0.2) is 0 Å². The Morgan fingerprint density at radius 3 is 2.71 bits per heavy atom. The maximum absolute atomic E-state index is 4.22. The van der Waals surface area contributed by atoms with Gasteiger partial charge in [0.05, 0.1) is 17.9 Å². The molecule has 0 saturated carbocycles. The van der Waals surface area contributed by atoms with Crippen LogP contribution in [0.15, 0.2) is 24.7 Å². The number of aromatic nitrogens is 4. The van der Waals surface area contributed by atoms with Crippen molar-refractivity contribution in [2.24, 2.45) is 14.1 Å². The average Bonchev–Trinajstić information content (AvgIpc) is 2.87. The molecule has 2 aromatic heterocycles. The molecule has 0 fully saturated rings. The molecule has 0 aliphatic carbocycles. The highest BCUT2D eigenvalue weighted by atomic mass is 15.3. The lowest BCUT2D eigenvalue weighted by molar-refractivity contribution is 0.507. The molecule has 5 nitrogen and oxygen atoms in total. The van der Waals surface area contributed by atoms with Crippen molar-refractivity contribution in [3.8, 4) is 0 Å². The minimum absolute atomic E-state index is 0.289. The Balaban J connectivity index is 2.15. The number of rotatable bonds is 5. The van der Waals surface area contributed by atoms with Gasteiger partial charge in [0.2, 0.25) is 0 Å². The molecule has 0 amide bonds. The van der Waals surface area contributed by atoms with Crippen LogP contribution >= 0.6 is 0 Å². The Morgan fingerprint density at radius 1 is 1.35 bits per heavy atom. The lowest BCUT2D eigenvalue weighted by Gasteiger charge is -2.17. The lowest BCUT2D eigenvalue weighted by atomic mass is 10.1. The number of aryl methyl sites for hydroxylation is 2. The lowest BCUT2D eigenvalue weighted by Crippen LogP contribution is -2.25. The summed E-state index contributed by atoms with van der Waals surface area (Å²) in [6, 6.07) is 2.35. The van der Waals surface area contributed by atoms with Gasteiger partial charge in [0.1, 0.15) is 0 Å². The largest absolute Gasteiger partial charge is 0.309 e. The molecule has 2 rings (SSSR count). The van der Waals surface area contributed by atoms with Crippen molar-refractivity contribution in [2.45, 2.75) is 19.4 Å². The SMILES string of the molecule is CCNC(Cc1cnn(C)c1)c1ccnn1C. The van der Waals surface area contributed by atoms with E-state index in [9.17, 15) is 0 Å². The molecule has 0 aromatic carbocycles. The average molecular weight is 233 g/mol.